The predicted molar refractivity (Wildman–Crippen MR) is 76.9 cm³/mol. The quantitative estimate of drug-likeness (QED) is 0.837. The number of pyridine rings is 1. The largest absolute Gasteiger partial charge is 0.356 e. The van der Waals surface area contributed by atoms with E-state index in [0.717, 1.165) is 18.3 Å². The lowest BCUT2D eigenvalue weighted by Gasteiger charge is -2.29. The van der Waals surface area contributed by atoms with Gasteiger partial charge in [-0.15, -0.1) is 0 Å². The van der Waals surface area contributed by atoms with Crippen LogP contribution in [0.15, 0.2) is 18.3 Å². The van der Waals surface area contributed by atoms with Crippen molar-refractivity contribution in [3.05, 3.63) is 23.9 Å². The molecule has 0 aliphatic heterocycles. The van der Waals surface area contributed by atoms with Crippen LogP contribution < -0.4 is 10.2 Å². The van der Waals surface area contributed by atoms with Crippen molar-refractivity contribution in [1.82, 2.24) is 10.3 Å². The Kier molecular flexibility index (Phi) is 4.23. The van der Waals surface area contributed by atoms with Crippen LogP contribution in [0.5, 0.6) is 0 Å². The van der Waals surface area contributed by atoms with Crippen molar-refractivity contribution < 1.29 is 0 Å². The Labute approximate surface area is 111 Å². The highest BCUT2D eigenvalue weighted by atomic mass is 15.2. The summed E-state index contributed by atoms with van der Waals surface area (Å²) >= 11 is 0. The average Bonchev–Trinajstić information content (AvgIpc) is 3.21. The molecular formula is C15H25N3. The molecule has 100 valence electrons. The lowest BCUT2D eigenvalue weighted by atomic mass is 10.1. The lowest BCUT2D eigenvalue weighted by Crippen LogP contribution is -2.33. The van der Waals surface area contributed by atoms with Gasteiger partial charge in [-0.05, 0) is 45.2 Å². The topological polar surface area (TPSA) is 28.2 Å². The second-order valence-corrected chi connectivity index (χ2v) is 5.38. The van der Waals surface area contributed by atoms with Crippen molar-refractivity contribution in [2.24, 2.45) is 5.92 Å². The number of anilines is 1. The van der Waals surface area contributed by atoms with Crippen molar-refractivity contribution >= 4 is 5.82 Å². The maximum atomic E-state index is 4.60. The summed E-state index contributed by atoms with van der Waals surface area (Å²) in [6, 6.07) is 5.16. The SMILES string of the molecule is CCNC(C)c1cccnc1N(C)C(C)C1CC1. The molecule has 0 spiro atoms. The van der Waals surface area contributed by atoms with E-state index in [4.69, 9.17) is 0 Å². The zero-order chi connectivity index (χ0) is 13.1. The standard InChI is InChI=1S/C15H25N3/c1-5-16-11(2)14-7-6-10-17-15(14)18(4)12(3)13-8-9-13/h6-7,10-13,16H,5,8-9H2,1-4H3. The second kappa shape index (κ2) is 5.70. The molecule has 0 radical (unpaired) electrons. The first kappa shape index (κ1) is 13.3. The molecule has 1 aromatic heterocycles. The summed E-state index contributed by atoms with van der Waals surface area (Å²) in [5.41, 5.74) is 1.30. The van der Waals surface area contributed by atoms with Gasteiger partial charge in [-0.25, -0.2) is 4.98 Å². The second-order valence-electron chi connectivity index (χ2n) is 5.38. The molecule has 0 aromatic carbocycles. The summed E-state index contributed by atoms with van der Waals surface area (Å²) in [7, 11) is 2.17. The number of nitrogens with one attached hydrogen (secondary N) is 1. The first-order chi connectivity index (χ1) is 8.65. The molecule has 0 bridgehead atoms. The zero-order valence-electron chi connectivity index (χ0n) is 12.0. The highest BCUT2D eigenvalue weighted by molar-refractivity contribution is 5.48. The first-order valence-electron chi connectivity index (χ1n) is 7.06. The van der Waals surface area contributed by atoms with E-state index < -0.39 is 0 Å². The molecule has 1 N–H and O–H groups in total. The van der Waals surface area contributed by atoms with Gasteiger partial charge in [0.2, 0.25) is 0 Å². The van der Waals surface area contributed by atoms with Gasteiger partial charge in [0.15, 0.2) is 0 Å². The molecule has 18 heavy (non-hydrogen) atoms. The van der Waals surface area contributed by atoms with E-state index in [0.29, 0.717) is 12.1 Å². The van der Waals surface area contributed by atoms with Crippen molar-refractivity contribution in [3.63, 3.8) is 0 Å². The van der Waals surface area contributed by atoms with Gasteiger partial charge >= 0.3 is 0 Å². The Morgan fingerprint density at radius 3 is 2.78 bits per heavy atom. The monoisotopic (exact) mass is 247 g/mol. The summed E-state index contributed by atoms with van der Waals surface area (Å²) < 4.78 is 0. The van der Waals surface area contributed by atoms with Crippen LogP contribution >= 0.6 is 0 Å². The Balaban J connectivity index is 2.20. The van der Waals surface area contributed by atoms with E-state index in [9.17, 15) is 0 Å². The highest BCUT2D eigenvalue weighted by Crippen LogP contribution is 2.37. The maximum absolute atomic E-state index is 4.60. The van der Waals surface area contributed by atoms with Gasteiger partial charge in [0.05, 0.1) is 0 Å². The summed E-state index contributed by atoms with van der Waals surface area (Å²) in [6.45, 7) is 7.65. The van der Waals surface area contributed by atoms with Crippen LogP contribution in [0.1, 0.15) is 45.2 Å². The van der Waals surface area contributed by atoms with E-state index in [2.05, 4.69) is 49.1 Å². The van der Waals surface area contributed by atoms with Crippen LogP contribution in [-0.4, -0.2) is 24.6 Å². The molecule has 3 heteroatoms. The van der Waals surface area contributed by atoms with E-state index in [1.807, 2.05) is 12.3 Å². The predicted octanol–water partition coefficient (Wildman–Crippen LogP) is 2.99. The molecule has 2 atom stereocenters. The van der Waals surface area contributed by atoms with Crippen LogP contribution in [0.3, 0.4) is 0 Å². The Bertz CT molecular complexity index is 387. The molecule has 1 heterocycles. The Hall–Kier alpha value is -1.09. The maximum Gasteiger partial charge on any atom is 0.133 e. The molecule has 3 nitrogen and oxygen atoms in total. The van der Waals surface area contributed by atoms with Gasteiger partial charge in [-0.1, -0.05) is 13.0 Å². The fourth-order valence-corrected chi connectivity index (χ4v) is 2.55. The molecule has 0 amide bonds. The van der Waals surface area contributed by atoms with Crippen molar-refractivity contribution in [2.75, 3.05) is 18.5 Å². The summed E-state index contributed by atoms with van der Waals surface area (Å²) in [4.78, 5) is 6.95. The van der Waals surface area contributed by atoms with E-state index in [-0.39, 0.29) is 0 Å². The fraction of sp³-hybridized carbons (Fsp3) is 0.667. The number of aromatic nitrogens is 1. The molecule has 2 unspecified atom stereocenters. The number of hydrogen-bond acceptors (Lipinski definition) is 3. The summed E-state index contributed by atoms with van der Waals surface area (Å²) in [5, 5.41) is 3.47. The Morgan fingerprint density at radius 1 is 1.44 bits per heavy atom. The van der Waals surface area contributed by atoms with Crippen molar-refractivity contribution in [2.45, 2.75) is 45.7 Å². The molecule has 0 saturated heterocycles. The highest BCUT2D eigenvalue weighted by Gasteiger charge is 2.31. The van der Waals surface area contributed by atoms with Gasteiger partial charge in [-0.3, -0.25) is 0 Å². The number of nitrogens with zero attached hydrogens (tertiary/aromatic N) is 2. The van der Waals surface area contributed by atoms with E-state index in [1.165, 1.54) is 18.4 Å². The molecule has 1 fully saturated rings. The summed E-state index contributed by atoms with van der Waals surface area (Å²) in [6.07, 6.45) is 4.64. The molecule has 1 saturated carbocycles. The lowest BCUT2D eigenvalue weighted by molar-refractivity contribution is 0.574. The van der Waals surface area contributed by atoms with Gasteiger partial charge in [0.25, 0.3) is 0 Å². The van der Waals surface area contributed by atoms with Gasteiger partial charge < -0.3 is 10.2 Å². The third-order valence-corrected chi connectivity index (χ3v) is 4.04. The third kappa shape index (κ3) is 2.83. The van der Waals surface area contributed by atoms with Gasteiger partial charge in [0, 0.05) is 30.9 Å². The summed E-state index contributed by atoms with van der Waals surface area (Å²) in [5.74, 6) is 1.99. The minimum absolute atomic E-state index is 0.354. The van der Waals surface area contributed by atoms with E-state index >= 15 is 0 Å². The minimum atomic E-state index is 0.354. The number of hydrogen-bond donors (Lipinski definition) is 1. The van der Waals surface area contributed by atoms with Crippen LogP contribution in [0, 0.1) is 5.92 Å². The zero-order valence-corrected chi connectivity index (χ0v) is 12.0. The van der Waals surface area contributed by atoms with Crippen LogP contribution in [0.25, 0.3) is 0 Å². The van der Waals surface area contributed by atoms with Gasteiger partial charge in [0.1, 0.15) is 5.82 Å². The van der Waals surface area contributed by atoms with Gasteiger partial charge in [-0.2, -0.15) is 0 Å². The molecule has 2 rings (SSSR count). The average molecular weight is 247 g/mol. The molecular weight excluding hydrogens is 222 g/mol. The van der Waals surface area contributed by atoms with Crippen LogP contribution in [0.4, 0.5) is 5.82 Å². The van der Waals surface area contributed by atoms with Crippen molar-refractivity contribution in [3.8, 4) is 0 Å². The van der Waals surface area contributed by atoms with Crippen LogP contribution in [0.2, 0.25) is 0 Å². The number of rotatable bonds is 6. The minimum Gasteiger partial charge on any atom is -0.356 e. The Morgan fingerprint density at radius 2 is 2.17 bits per heavy atom. The van der Waals surface area contributed by atoms with Crippen molar-refractivity contribution in [1.29, 1.82) is 0 Å². The normalized spacial score (nSPS) is 18.4. The smallest absolute Gasteiger partial charge is 0.133 e. The van der Waals surface area contributed by atoms with Crippen LogP contribution in [-0.2, 0) is 0 Å². The molecule has 1 aromatic rings. The first-order valence-corrected chi connectivity index (χ1v) is 7.06. The van der Waals surface area contributed by atoms with E-state index in [1.54, 1.807) is 0 Å². The third-order valence-electron chi connectivity index (χ3n) is 4.04. The fourth-order valence-electron chi connectivity index (χ4n) is 2.55. The molecule has 1 aliphatic rings. The molecule has 1 aliphatic carbocycles.